The molecule has 0 spiro atoms. The Bertz CT molecular complexity index is 1080. The van der Waals surface area contributed by atoms with E-state index in [2.05, 4.69) is 15.2 Å². The van der Waals surface area contributed by atoms with Crippen LogP contribution in [0.4, 0.5) is 6.01 Å². The van der Waals surface area contributed by atoms with Crippen LogP contribution in [0, 0.1) is 0 Å². The first kappa shape index (κ1) is 23.6. The second kappa shape index (κ2) is 10.6. The molecule has 0 radical (unpaired) electrons. The standard InChI is InChI=1S/C24H31ClN4O4/c1-15(2)26-24-28-19(14-32-24)18-13-21(33-16(3)4)17-5-6-20(22(25)23(17)27-18)31-12-9-29-7-10-30-11-8-29/h5-6,13-16H,7-12H2,1-4H3,(H,26,28). The number of rotatable bonds is 9. The number of pyridine rings is 1. The van der Waals surface area contributed by atoms with E-state index in [1.807, 2.05) is 45.9 Å². The Kier molecular flexibility index (Phi) is 7.57. The molecule has 8 nitrogen and oxygen atoms in total. The Morgan fingerprint density at radius 1 is 1.09 bits per heavy atom. The lowest BCUT2D eigenvalue weighted by Gasteiger charge is -2.26. The van der Waals surface area contributed by atoms with Crippen molar-refractivity contribution in [2.45, 2.75) is 39.8 Å². The van der Waals surface area contributed by atoms with Crippen LogP contribution in [-0.2, 0) is 4.74 Å². The number of nitrogens with one attached hydrogen (secondary N) is 1. The van der Waals surface area contributed by atoms with E-state index < -0.39 is 0 Å². The molecule has 0 saturated carbocycles. The number of hydrogen-bond donors (Lipinski definition) is 1. The molecule has 1 fully saturated rings. The number of halogens is 1. The summed E-state index contributed by atoms with van der Waals surface area (Å²) in [5.41, 5.74) is 1.82. The van der Waals surface area contributed by atoms with E-state index in [1.165, 1.54) is 0 Å². The number of nitrogens with zero attached hydrogens (tertiary/aromatic N) is 3. The van der Waals surface area contributed by atoms with Crippen molar-refractivity contribution in [3.8, 4) is 22.9 Å². The van der Waals surface area contributed by atoms with Crippen LogP contribution >= 0.6 is 11.6 Å². The van der Waals surface area contributed by atoms with E-state index in [-0.39, 0.29) is 12.1 Å². The maximum absolute atomic E-state index is 6.77. The normalized spacial score (nSPS) is 14.9. The van der Waals surface area contributed by atoms with E-state index in [9.17, 15) is 0 Å². The molecule has 1 aliphatic rings. The molecule has 3 aromatic rings. The third kappa shape index (κ3) is 5.88. The summed E-state index contributed by atoms with van der Waals surface area (Å²) >= 11 is 6.77. The van der Waals surface area contributed by atoms with Crippen LogP contribution in [0.25, 0.3) is 22.3 Å². The van der Waals surface area contributed by atoms with Crippen LogP contribution in [0.2, 0.25) is 5.02 Å². The molecule has 0 bridgehead atoms. The molecular formula is C24H31ClN4O4. The third-order valence-electron chi connectivity index (χ3n) is 5.16. The van der Waals surface area contributed by atoms with Gasteiger partial charge in [-0.2, -0.15) is 4.98 Å². The van der Waals surface area contributed by atoms with Crippen LogP contribution in [0.15, 0.2) is 28.9 Å². The average Bonchev–Trinajstić information content (AvgIpc) is 3.23. The number of aromatic nitrogens is 2. The van der Waals surface area contributed by atoms with Crippen molar-refractivity contribution in [3.63, 3.8) is 0 Å². The van der Waals surface area contributed by atoms with Crippen molar-refractivity contribution in [2.75, 3.05) is 44.8 Å². The molecule has 0 atom stereocenters. The molecule has 178 valence electrons. The predicted molar refractivity (Wildman–Crippen MR) is 130 cm³/mol. The molecule has 3 heterocycles. The highest BCUT2D eigenvalue weighted by molar-refractivity contribution is 6.36. The first-order chi connectivity index (χ1) is 15.9. The fourth-order valence-corrected chi connectivity index (χ4v) is 3.88. The van der Waals surface area contributed by atoms with Gasteiger partial charge in [-0.1, -0.05) is 11.6 Å². The third-order valence-corrected chi connectivity index (χ3v) is 5.52. The van der Waals surface area contributed by atoms with Gasteiger partial charge in [-0.25, -0.2) is 4.98 Å². The molecule has 0 amide bonds. The molecule has 0 aliphatic carbocycles. The minimum Gasteiger partial charge on any atom is -0.491 e. The van der Waals surface area contributed by atoms with E-state index in [1.54, 1.807) is 6.26 Å². The van der Waals surface area contributed by atoms with E-state index in [4.69, 9.17) is 35.2 Å². The first-order valence-corrected chi connectivity index (χ1v) is 11.7. The smallest absolute Gasteiger partial charge is 0.295 e. The van der Waals surface area contributed by atoms with Gasteiger partial charge < -0.3 is 23.9 Å². The summed E-state index contributed by atoms with van der Waals surface area (Å²) < 4.78 is 23.1. The number of hydrogen-bond acceptors (Lipinski definition) is 8. The summed E-state index contributed by atoms with van der Waals surface area (Å²) in [6.45, 7) is 12.7. The zero-order valence-corrected chi connectivity index (χ0v) is 20.3. The number of ether oxygens (including phenoxy) is 3. The fraction of sp³-hybridized carbons (Fsp3) is 0.500. The lowest BCUT2D eigenvalue weighted by atomic mass is 10.1. The maximum atomic E-state index is 6.77. The van der Waals surface area contributed by atoms with E-state index >= 15 is 0 Å². The van der Waals surface area contributed by atoms with Gasteiger partial charge in [0.1, 0.15) is 35.1 Å². The molecular weight excluding hydrogens is 444 g/mol. The van der Waals surface area contributed by atoms with Gasteiger partial charge in [-0.3, -0.25) is 4.90 Å². The van der Waals surface area contributed by atoms with Gasteiger partial charge >= 0.3 is 0 Å². The summed E-state index contributed by atoms with van der Waals surface area (Å²) in [6.07, 6.45) is 1.57. The fourth-order valence-electron chi connectivity index (χ4n) is 3.62. The minimum absolute atomic E-state index is 0.0119. The van der Waals surface area contributed by atoms with Crippen molar-refractivity contribution in [3.05, 3.63) is 29.5 Å². The maximum Gasteiger partial charge on any atom is 0.295 e. The minimum atomic E-state index is -0.0119. The molecule has 33 heavy (non-hydrogen) atoms. The zero-order chi connectivity index (χ0) is 23.4. The van der Waals surface area contributed by atoms with Crippen molar-refractivity contribution in [2.24, 2.45) is 0 Å². The Morgan fingerprint density at radius 2 is 1.88 bits per heavy atom. The molecule has 0 unspecified atom stereocenters. The van der Waals surface area contributed by atoms with Crippen LogP contribution in [0.5, 0.6) is 11.5 Å². The zero-order valence-electron chi connectivity index (χ0n) is 19.6. The quantitative estimate of drug-likeness (QED) is 0.470. The topological polar surface area (TPSA) is 81.9 Å². The molecule has 2 aromatic heterocycles. The Labute approximate surface area is 199 Å². The van der Waals surface area contributed by atoms with Gasteiger partial charge in [0.2, 0.25) is 0 Å². The van der Waals surface area contributed by atoms with E-state index in [0.717, 1.165) is 38.2 Å². The van der Waals surface area contributed by atoms with Crippen LogP contribution in [0.3, 0.4) is 0 Å². The summed E-state index contributed by atoms with van der Waals surface area (Å²) in [7, 11) is 0. The molecule has 1 saturated heterocycles. The Balaban J connectivity index is 1.63. The van der Waals surface area contributed by atoms with Gasteiger partial charge in [0.05, 0.1) is 30.5 Å². The summed E-state index contributed by atoms with van der Waals surface area (Å²) in [6, 6.07) is 6.33. The van der Waals surface area contributed by atoms with Crippen molar-refractivity contribution in [1.82, 2.24) is 14.9 Å². The van der Waals surface area contributed by atoms with Gasteiger partial charge in [0.15, 0.2) is 0 Å². The lowest BCUT2D eigenvalue weighted by molar-refractivity contribution is 0.0322. The highest BCUT2D eigenvalue weighted by Crippen LogP contribution is 2.38. The molecule has 9 heteroatoms. The van der Waals surface area contributed by atoms with Gasteiger partial charge in [0.25, 0.3) is 6.01 Å². The Hall–Kier alpha value is -2.55. The second-order valence-corrected chi connectivity index (χ2v) is 8.96. The van der Waals surface area contributed by atoms with Crippen LogP contribution in [-0.4, -0.2) is 66.5 Å². The number of anilines is 1. The van der Waals surface area contributed by atoms with Gasteiger partial charge in [-0.15, -0.1) is 0 Å². The van der Waals surface area contributed by atoms with Crippen LogP contribution < -0.4 is 14.8 Å². The lowest BCUT2D eigenvalue weighted by Crippen LogP contribution is -2.38. The summed E-state index contributed by atoms with van der Waals surface area (Å²) in [4.78, 5) is 11.6. The summed E-state index contributed by atoms with van der Waals surface area (Å²) in [5, 5.41) is 4.43. The number of oxazole rings is 1. The van der Waals surface area contributed by atoms with Gasteiger partial charge in [-0.05, 0) is 39.8 Å². The summed E-state index contributed by atoms with van der Waals surface area (Å²) in [5.74, 6) is 1.29. The SMILES string of the molecule is CC(C)Nc1nc(-c2cc(OC(C)C)c3ccc(OCCN4CCOCC4)c(Cl)c3n2)co1. The molecule has 1 aliphatic heterocycles. The highest BCUT2D eigenvalue weighted by Gasteiger charge is 2.18. The first-order valence-electron chi connectivity index (χ1n) is 11.4. The van der Waals surface area contributed by atoms with Crippen LogP contribution in [0.1, 0.15) is 27.7 Å². The number of benzene rings is 1. The molecule has 1 N–H and O–H groups in total. The molecule has 1 aromatic carbocycles. The highest BCUT2D eigenvalue weighted by atomic mass is 35.5. The second-order valence-electron chi connectivity index (χ2n) is 8.59. The number of morpholine rings is 1. The Morgan fingerprint density at radius 3 is 2.61 bits per heavy atom. The van der Waals surface area contributed by atoms with E-state index in [0.29, 0.717) is 46.0 Å². The monoisotopic (exact) mass is 474 g/mol. The number of fused-ring (bicyclic) bond motifs is 1. The van der Waals surface area contributed by atoms with Crippen molar-refractivity contribution >= 4 is 28.5 Å². The average molecular weight is 475 g/mol. The van der Waals surface area contributed by atoms with Crippen molar-refractivity contribution < 1.29 is 18.6 Å². The molecule has 4 rings (SSSR count). The largest absolute Gasteiger partial charge is 0.491 e. The predicted octanol–water partition coefficient (Wildman–Crippen LogP) is 4.86. The van der Waals surface area contributed by atoms with Gasteiger partial charge in [0, 0.05) is 37.1 Å². The van der Waals surface area contributed by atoms with Crippen molar-refractivity contribution in [1.29, 1.82) is 0 Å².